The summed E-state index contributed by atoms with van der Waals surface area (Å²) in [6.45, 7) is 3.52. The van der Waals surface area contributed by atoms with Crippen molar-refractivity contribution in [1.82, 2.24) is 4.90 Å². The molecule has 3 unspecified atom stereocenters. The smallest absolute Gasteiger partial charge is 0.227 e. The van der Waals surface area contributed by atoms with E-state index < -0.39 is 0 Å². The van der Waals surface area contributed by atoms with Gasteiger partial charge in [0, 0.05) is 19.0 Å². The van der Waals surface area contributed by atoms with Crippen LogP contribution in [0.1, 0.15) is 24.0 Å². The van der Waals surface area contributed by atoms with E-state index >= 15 is 0 Å². The number of amides is 1. The Bertz CT molecular complexity index is 543. The number of nitrogens with zero attached hydrogens (tertiary/aromatic N) is 1. The van der Waals surface area contributed by atoms with Crippen LogP contribution < -0.4 is 4.74 Å². The van der Waals surface area contributed by atoms with E-state index in [1.165, 1.54) is 0 Å². The number of fused-ring (bicyclic) bond motifs is 1. The molecule has 4 nitrogen and oxygen atoms in total. The number of benzene rings is 1. The average Bonchev–Trinajstić information content (AvgIpc) is 3.03. The van der Waals surface area contributed by atoms with Gasteiger partial charge >= 0.3 is 0 Å². The third kappa shape index (κ3) is 2.77. The van der Waals surface area contributed by atoms with E-state index in [0.717, 1.165) is 36.3 Å². The fourth-order valence-electron chi connectivity index (χ4n) is 3.70. The van der Waals surface area contributed by atoms with Crippen LogP contribution in [-0.2, 0) is 11.2 Å². The molecule has 114 valence electrons. The van der Waals surface area contributed by atoms with Crippen molar-refractivity contribution >= 4 is 5.91 Å². The van der Waals surface area contributed by atoms with Crippen molar-refractivity contribution in [3.05, 3.63) is 29.3 Å². The fraction of sp³-hybridized carbons (Fsp3) is 0.588. The Balaban J connectivity index is 1.65. The maximum atomic E-state index is 12.4. The largest absolute Gasteiger partial charge is 0.496 e. The van der Waals surface area contributed by atoms with E-state index in [4.69, 9.17) is 4.74 Å². The van der Waals surface area contributed by atoms with Crippen molar-refractivity contribution in [3.63, 3.8) is 0 Å². The maximum absolute atomic E-state index is 12.4. The molecule has 0 aromatic heterocycles. The number of aryl methyl sites for hydroxylation is 1. The molecule has 1 N–H and O–H groups in total. The molecule has 1 amide bonds. The van der Waals surface area contributed by atoms with Gasteiger partial charge in [-0.1, -0.05) is 12.1 Å². The van der Waals surface area contributed by atoms with Crippen LogP contribution in [0.15, 0.2) is 18.2 Å². The average molecular weight is 289 g/mol. The second kappa shape index (κ2) is 5.68. The van der Waals surface area contributed by atoms with Gasteiger partial charge in [0.2, 0.25) is 5.91 Å². The summed E-state index contributed by atoms with van der Waals surface area (Å²) in [5.41, 5.74) is 2.06. The van der Waals surface area contributed by atoms with Crippen molar-refractivity contribution in [2.24, 2.45) is 11.8 Å². The van der Waals surface area contributed by atoms with Crippen LogP contribution in [0.5, 0.6) is 5.75 Å². The predicted molar refractivity (Wildman–Crippen MR) is 80.2 cm³/mol. The number of hydrogen-bond acceptors (Lipinski definition) is 3. The topological polar surface area (TPSA) is 49.8 Å². The third-order valence-electron chi connectivity index (χ3n) is 5.00. The fourth-order valence-corrected chi connectivity index (χ4v) is 3.70. The van der Waals surface area contributed by atoms with Gasteiger partial charge in [-0.3, -0.25) is 4.79 Å². The van der Waals surface area contributed by atoms with Gasteiger partial charge in [-0.2, -0.15) is 0 Å². The summed E-state index contributed by atoms with van der Waals surface area (Å²) >= 11 is 0. The minimum Gasteiger partial charge on any atom is -0.496 e. The Morgan fingerprint density at radius 2 is 2.19 bits per heavy atom. The Kier molecular flexibility index (Phi) is 3.89. The molecule has 4 heteroatoms. The number of methoxy groups -OCH3 is 1. The predicted octanol–water partition coefficient (Wildman–Crippen LogP) is 1.78. The Hall–Kier alpha value is -1.55. The lowest BCUT2D eigenvalue weighted by atomic mass is 10.00. The lowest BCUT2D eigenvalue weighted by molar-refractivity contribution is -0.129. The van der Waals surface area contributed by atoms with Crippen LogP contribution >= 0.6 is 0 Å². The summed E-state index contributed by atoms with van der Waals surface area (Å²) in [6.07, 6.45) is 2.14. The molecule has 3 rings (SSSR count). The van der Waals surface area contributed by atoms with E-state index in [1.54, 1.807) is 7.11 Å². The first-order valence-corrected chi connectivity index (χ1v) is 7.68. The number of carbonyl (C=O) groups excluding carboxylic acids is 1. The van der Waals surface area contributed by atoms with Crippen LogP contribution in [0.25, 0.3) is 0 Å². The molecule has 3 atom stereocenters. The molecule has 1 aliphatic carbocycles. The van der Waals surface area contributed by atoms with Crippen molar-refractivity contribution in [2.45, 2.75) is 32.3 Å². The zero-order valence-electron chi connectivity index (χ0n) is 12.7. The third-order valence-corrected chi connectivity index (χ3v) is 5.00. The molecule has 0 radical (unpaired) electrons. The van der Waals surface area contributed by atoms with E-state index in [-0.39, 0.29) is 12.0 Å². The highest BCUT2D eigenvalue weighted by Gasteiger charge is 2.43. The molecule has 1 heterocycles. The molecular weight excluding hydrogens is 266 g/mol. The Labute approximate surface area is 125 Å². The number of aliphatic hydroxyl groups is 1. The first-order chi connectivity index (χ1) is 10.1. The van der Waals surface area contributed by atoms with Gasteiger partial charge < -0.3 is 14.7 Å². The van der Waals surface area contributed by atoms with Crippen molar-refractivity contribution in [1.29, 1.82) is 0 Å². The maximum Gasteiger partial charge on any atom is 0.227 e. The molecule has 0 bridgehead atoms. The molecular formula is C17H23NO3. The number of carbonyl (C=O) groups is 1. The Morgan fingerprint density at radius 1 is 1.38 bits per heavy atom. The van der Waals surface area contributed by atoms with Crippen LogP contribution in [0.2, 0.25) is 0 Å². The highest BCUT2D eigenvalue weighted by molar-refractivity contribution is 5.79. The summed E-state index contributed by atoms with van der Waals surface area (Å²) in [5, 5.41) is 9.93. The Morgan fingerprint density at radius 3 is 2.90 bits per heavy atom. The standard InChI is InChI=1S/C17H23NO3/c1-11-3-4-12(7-16(11)21-2)8-17(20)18-9-13-5-6-15(19)14(13)10-18/h3-4,7,13-15,19H,5-6,8-10H2,1-2H3. The molecule has 2 fully saturated rings. The summed E-state index contributed by atoms with van der Waals surface area (Å²) < 4.78 is 5.31. The van der Waals surface area contributed by atoms with Crippen molar-refractivity contribution < 1.29 is 14.6 Å². The number of rotatable bonds is 3. The minimum atomic E-state index is -0.215. The first-order valence-electron chi connectivity index (χ1n) is 7.68. The second-order valence-electron chi connectivity index (χ2n) is 6.35. The quantitative estimate of drug-likeness (QED) is 0.922. The van der Waals surface area contributed by atoms with Gasteiger partial charge in [-0.05, 0) is 42.9 Å². The lowest BCUT2D eigenvalue weighted by Gasteiger charge is -2.18. The molecule has 1 saturated heterocycles. The summed E-state index contributed by atoms with van der Waals surface area (Å²) in [6, 6.07) is 5.92. The van der Waals surface area contributed by atoms with Crippen molar-refractivity contribution in [2.75, 3.05) is 20.2 Å². The SMILES string of the molecule is COc1cc(CC(=O)N2CC3CCC(O)C3C2)ccc1C. The van der Waals surface area contributed by atoms with Gasteiger partial charge in [0.1, 0.15) is 5.75 Å². The number of likely N-dealkylation sites (tertiary alicyclic amines) is 1. The monoisotopic (exact) mass is 289 g/mol. The number of ether oxygens (including phenoxy) is 1. The molecule has 1 aromatic rings. The van der Waals surface area contributed by atoms with Crippen LogP contribution in [-0.4, -0.2) is 42.2 Å². The molecule has 21 heavy (non-hydrogen) atoms. The van der Waals surface area contributed by atoms with Gasteiger partial charge in [0.25, 0.3) is 0 Å². The molecule has 2 aliphatic rings. The van der Waals surface area contributed by atoms with Gasteiger partial charge in [-0.15, -0.1) is 0 Å². The first kappa shape index (κ1) is 14.4. The van der Waals surface area contributed by atoms with Gasteiger partial charge in [0.05, 0.1) is 19.6 Å². The minimum absolute atomic E-state index is 0.155. The zero-order chi connectivity index (χ0) is 15.0. The number of hydrogen-bond donors (Lipinski definition) is 1. The van der Waals surface area contributed by atoms with Crippen LogP contribution in [0.4, 0.5) is 0 Å². The molecule has 1 aliphatic heterocycles. The van der Waals surface area contributed by atoms with E-state index in [9.17, 15) is 9.90 Å². The summed E-state index contributed by atoms with van der Waals surface area (Å²) in [5.74, 6) is 1.77. The van der Waals surface area contributed by atoms with E-state index in [2.05, 4.69) is 0 Å². The molecule has 1 aromatic carbocycles. The van der Waals surface area contributed by atoms with Crippen LogP contribution in [0.3, 0.4) is 0 Å². The van der Waals surface area contributed by atoms with Crippen molar-refractivity contribution in [3.8, 4) is 5.75 Å². The van der Waals surface area contributed by atoms with E-state index in [1.807, 2.05) is 30.0 Å². The highest BCUT2D eigenvalue weighted by atomic mass is 16.5. The zero-order valence-corrected chi connectivity index (χ0v) is 12.7. The van der Waals surface area contributed by atoms with Gasteiger partial charge in [-0.25, -0.2) is 0 Å². The van der Waals surface area contributed by atoms with Crippen LogP contribution in [0, 0.1) is 18.8 Å². The lowest BCUT2D eigenvalue weighted by Crippen LogP contribution is -2.32. The summed E-state index contributed by atoms with van der Waals surface area (Å²) in [7, 11) is 1.65. The summed E-state index contributed by atoms with van der Waals surface area (Å²) in [4.78, 5) is 14.4. The molecule has 1 saturated carbocycles. The normalized spacial score (nSPS) is 27.8. The van der Waals surface area contributed by atoms with E-state index in [0.29, 0.717) is 24.8 Å². The second-order valence-corrected chi connectivity index (χ2v) is 6.35. The number of aliphatic hydroxyl groups excluding tert-OH is 1. The van der Waals surface area contributed by atoms with Gasteiger partial charge in [0.15, 0.2) is 0 Å². The highest BCUT2D eigenvalue weighted by Crippen LogP contribution is 2.38. The molecule has 0 spiro atoms.